The molecule has 0 spiro atoms. The summed E-state index contributed by atoms with van der Waals surface area (Å²) >= 11 is 0. The standard InChI is InChI=1S/C12H26O6/c1-4-16-8-9(14)11(15)12(18-6-3)10(7-13)17-5-2/h9-15H,4-8H2,1-3H3/t9-,10+,11+,12-/m1/s1. The fourth-order valence-corrected chi connectivity index (χ4v) is 1.64. The van der Waals surface area contributed by atoms with Crippen LogP contribution in [0.5, 0.6) is 0 Å². The van der Waals surface area contributed by atoms with Gasteiger partial charge in [0.05, 0.1) is 13.2 Å². The van der Waals surface area contributed by atoms with E-state index in [9.17, 15) is 15.3 Å². The minimum atomic E-state index is -1.17. The molecule has 0 saturated carbocycles. The average Bonchev–Trinajstić information content (AvgIpc) is 2.39. The molecule has 6 heteroatoms. The minimum absolute atomic E-state index is 0.0194. The van der Waals surface area contributed by atoms with Crippen molar-refractivity contribution in [2.24, 2.45) is 0 Å². The van der Waals surface area contributed by atoms with Crippen molar-refractivity contribution in [3.63, 3.8) is 0 Å². The molecule has 0 aliphatic heterocycles. The first kappa shape index (κ1) is 17.8. The summed E-state index contributed by atoms with van der Waals surface area (Å²) in [5.74, 6) is 0. The summed E-state index contributed by atoms with van der Waals surface area (Å²) in [5, 5.41) is 29.0. The molecule has 0 fully saturated rings. The van der Waals surface area contributed by atoms with Crippen LogP contribution in [0.25, 0.3) is 0 Å². The van der Waals surface area contributed by atoms with Gasteiger partial charge in [-0.2, -0.15) is 0 Å². The maximum absolute atomic E-state index is 10.0. The highest BCUT2D eigenvalue weighted by atomic mass is 16.6. The van der Waals surface area contributed by atoms with Crippen molar-refractivity contribution in [1.82, 2.24) is 0 Å². The molecule has 0 radical (unpaired) electrons. The van der Waals surface area contributed by atoms with Crippen LogP contribution in [0.1, 0.15) is 20.8 Å². The van der Waals surface area contributed by atoms with Crippen molar-refractivity contribution in [3.05, 3.63) is 0 Å². The quantitative estimate of drug-likeness (QED) is 0.469. The van der Waals surface area contributed by atoms with Crippen LogP contribution in [-0.4, -0.2) is 72.8 Å². The topological polar surface area (TPSA) is 88.4 Å². The predicted octanol–water partition coefficient (Wildman–Crippen LogP) is -0.453. The lowest BCUT2D eigenvalue weighted by atomic mass is 10.0. The second-order valence-electron chi connectivity index (χ2n) is 3.81. The summed E-state index contributed by atoms with van der Waals surface area (Å²) in [6.07, 6.45) is -3.69. The maximum Gasteiger partial charge on any atom is 0.114 e. The molecule has 110 valence electrons. The van der Waals surface area contributed by atoms with E-state index in [1.165, 1.54) is 0 Å². The molecule has 0 aliphatic carbocycles. The van der Waals surface area contributed by atoms with Gasteiger partial charge in [0.15, 0.2) is 0 Å². The number of ether oxygens (including phenoxy) is 3. The molecule has 0 amide bonds. The van der Waals surface area contributed by atoms with Gasteiger partial charge >= 0.3 is 0 Å². The zero-order valence-electron chi connectivity index (χ0n) is 11.4. The third kappa shape index (κ3) is 6.08. The van der Waals surface area contributed by atoms with Gasteiger partial charge in [-0.25, -0.2) is 0 Å². The van der Waals surface area contributed by atoms with Gasteiger partial charge in [-0.1, -0.05) is 0 Å². The predicted molar refractivity (Wildman–Crippen MR) is 66.4 cm³/mol. The molecule has 0 bridgehead atoms. The Morgan fingerprint density at radius 3 is 2.00 bits per heavy atom. The SMILES string of the molecule is CCOC[C@@H](O)[C@H](O)[C@H](OCC)[C@H](CO)OCC. The highest BCUT2D eigenvalue weighted by Gasteiger charge is 2.33. The van der Waals surface area contributed by atoms with E-state index >= 15 is 0 Å². The van der Waals surface area contributed by atoms with E-state index in [4.69, 9.17) is 14.2 Å². The van der Waals surface area contributed by atoms with E-state index in [-0.39, 0.29) is 13.2 Å². The lowest BCUT2D eigenvalue weighted by Gasteiger charge is -2.31. The summed E-state index contributed by atoms with van der Waals surface area (Å²) in [5.41, 5.74) is 0. The summed E-state index contributed by atoms with van der Waals surface area (Å²) in [4.78, 5) is 0. The van der Waals surface area contributed by atoms with Crippen LogP contribution in [0.15, 0.2) is 0 Å². The number of aliphatic hydroxyl groups is 3. The molecule has 0 aromatic rings. The van der Waals surface area contributed by atoms with Crippen LogP contribution in [0, 0.1) is 0 Å². The first-order valence-electron chi connectivity index (χ1n) is 6.40. The fourth-order valence-electron chi connectivity index (χ4n) is 1.64. The Morgan fingerprint density at radius 1 is 0.944 bits per heavy atom. The third-order valence-corrected chi connectivity index (χ3v) is 2.51. The Labute approximate surface area is 108 Å². The van der Waals surface area contributed by atoms with Crippen LogP contribution in [0.2, 0.25) is 0 Å². The van der Waals surface area contributed by atoms with Gasteiger partial charge in [0.2, 0.25) is 0 Å². The van der Waals surface area contributed by atoms with Crippen LogP contribution in [0.3, 0.4) is 0 Å². The van der Waals surface area contributed by atoms with Gasteiger partial charge in [0, 0.05) is 19.8 Å². The first-order valence-corrected chi connectivity index (χ1v) is 6.40. The smallest absolute Gasteiger partial charge is 0.114 e. The molecule has 0 aliphatic rings. The number of aliphatic hydroxyl groups excluding tert-OH is 3. The second kappa shape index (κ2) is 10.7. The van der Waals surface area contributed by atoms with Gasteiger partial charge in [-0.15, -0.1) is 0 Å². The zero-order valence-corrected chi connectivity index (χ0v) is 11.4. The highest BCUT2D eigenvalue weighted by molar-refractivity contribution is 4.83. The molecule has 0 rings (SSSR count). The van der Waals surface area contributed by atoms with E-state index in [2.05, 4.69) is 0 Å². The van der Waals surface area contributed by atoms with Crippen LogP contribution >= 0.6 is 0 Å². The van der Waals surface area contributed by atoms with Gasteiger partial charge < -0.3 is 29.5 Å². The van der Waals surface area contributed by atoms with Crippen LogP contribution in [0.4, 0.5) is 0 Å². The molecule has 3 N–H and O–H groups in total. The van der Waals surface area contributed by atoms with Crippen molar-refractivity contribution >= 4 is 0 Å². The molecule has 0 saturated heterocycles. The van der Waals surface area contributed by atoms with E-state index in [0.717, 1.165) is 0 Å². The van der Waals surface area contributed by atoms with Crippen LogP contribution in [-0.2, 0) is 14.2 Å². The van der Waals surface area contributed by atoms with E-state index < -0.39 is 24.4 Å². The average molecular weight is 266 g/mol. The van der Waals surface area contributed by atoms with Crippen molar-refractivity contribution < 1.29 is 29.5 Å². The van der Waals surface area contributed by atoms with Gasteiger partial charge in [0.25, 0.3) is 0 Å². The molecule has 4 atom stereocenters. The Balaban J connectivity index is 4.52. The fraction of sp³-hybridized carbons (Fsp3) is 1.00. The van der Waals surface area contributed by atoms with Crippen molar-refractivity contribution in [2.75, 3.05) is 33.0 Å². The van der Waals surface area contributed by atoms with Crippen molar-refractivity contribution in [1.29, 1.82) is 0 Å². The third-order valence-electron chi connectivity index (χ3n) is 2.51. The van der Waals surface area contributed by atoms with Crippen LogP contribution < -0.4 is 0 Å². The molecule has 6 nitrogen and oxygen atoms in total. The van der Waals surface area contributed by atoms with Crippen molar-refractivity contribution in [2.45, 2.75) is 45.2 Å². The normalized spacial score (nSPS) is 18.3. The Bertz CT molecular complexity index is 189. The number of hydrogen-bond acceptors (Lipinski definition) is 6. The van der Waals surface area contributed by atoms with E-state index in [1.54, 1.807) is 20.8 Å². The summed E-state index contributed by atoms with van der Waals surface area (Å²) in [7, 11) is 0. The van der Waals surface area contributed by atoms with Crippen molar-refractivity contribution in [3.8, 4) is 0 Å². The molecule has 0 aromatic heterocycles. The molecule has 0 unspecified atom stereocenters. The summed E-state index contributed by atoms with van der Waals surface area (Å²) in [6, 6.07) is 0. The summed E-state index contributed by atoms with van der Waals surface area (Å²) in [6.45, 7) is 6.30. The minimum Gasteiger partial charge on any atom is -0.394 e. The number of hydrogen-bond donors (Lipinski definition) is 3. The molecular formula is C12H26O6. The number of rotatable bonds is 11. The Hall–Kier alpha value is -0.240. The maximum atomic E-state index is 10.0. The largest absolute Gasteiger partial charge is 0.394 e. The molecule has 0 aromatic carbocycles. The summed E-state index contributed by atoms with van der Waals surface area (Å²) < 4.78 is 15.7. The van der Waals surface area contributed by atoms with E-state index in [0.29, 0.717) is 19.8 Å². The van der Waals surface area contributed by atoms with Gasteiger partial charge in [-0.3, -0.25) is 0 Å². The lowest BCUT2D eigenvalue weighted by molar-refractivity contribution is -0.163. The zero-order chi connectivity index (χ0) is 14.0. The lowest BCUT2D eigenvalue weighted by Crippen LogP contribution is -2.50. The van der Waals surface area contributed by atoms with E-state index in [1.807, 2.05) is 0 Å². The molecule has 0 heterocycles. The Kier molecular flexibility index (Phi) is 10.5. The monoisotopic (exact) mass is 266 g/mol. The highest BCUT2D eigenvalue weighted by Crippen LogP contribution is 2.13. The Morgan fingerprint density at radius 2 is 1.56 bits per heavy atom. The van der Waals surface area contributed by atoms with Gasteiger partial charge in [0.1, 0.15) is 24.4 Å². The van der Waals surface area contributed by atoms with Gasteiger partial charge in [-0.05, 0) is 20.8 Å². The first-order chi connectivity index (χ1) is 8.62. The molecule has 18 heavy (non-hydrogen) atoms. The second-order valence-corrected chi connectivity index (χ2v) is 3.81. The molecular weight excluding hydrogens is 240 g/mol.